The van der Waals surface area contributed by atoms with Gasteiger partial charge in [0.25, 0.3) is 5.91 Å². The van der Waals surface area contributed by atoms with Crippen LogP contribution in [0.25, 0.3) is 0 Å². The average molecular weight is 775 g/mol. The van der Waals surface area contributed by atoms with Gasteiger partial charge in [-0.05, 0) is 95.6 Å². The van der Waals surface area contributed by atoms with Crippen LogP contribution >= 0.6 is 0 Å². The van der Waals surface area contributed by atoms with E-state index in [-0.39, 0.29) is 56.4 Å². The van der Waals surface area contributed by atoms with Crippen LogP contribution in [0.15, 0.2) is 30.0 Å². The highest BCUT2D eigenvalue weighted by Crippen LogP contribution is 2.46. The largest absolute Gasteiger partial charge is 0.460 e. The molecule has 4 amide bonds. The Hall–Kier alpha value is -4.30. The Balaban J connectivity index is 1.26. The zero-order chi connectivity index (χ0) is 39.0. The van der Waals surface area contributed by atoms with Crippen LogP contribution in [0, 0.1) is 23.5 Å². The van der Waals surface area contributed by atoms with Crippen LogP contribution in [0.2, 0.25) is 0 Å². The highest BCUT2D eigenvalue weighted by Gasteiger charge is 2.62. The number of benzene rings is 1. The molecule has 2 saturated carbocycles. The summed E-state index contributed by atoms with van der Waals surface area (Å²) in [4.78, 5) is 71.3. The Bertz CT molecular complexity index is 1870. The van der Waals surface area contributed by atoms with E-state index in [4.69, 9.17) is 9.47 Å². The van der Waals surface area contributed by atoms with Crippen molar-refractivity contribution in [3.05, 3.63) is 52.8 Å². The van der Waals surface area contributed by atoms with Crippen molar-refractivity contribution in [1.82, 2.24) is 19.8 Å². The second-order valence-corrected chi connectivity index (χ2v) is 18.0. The number of rotatable bonds is 6. The van der Waals surface area contributed by atoms with E-state index in [0.29, 0.717) is 32.1 Å². The van der Waals surface area contributed by atoms with Gasteiger partial charge in [0.15, 0.2) is 0 Å². The lowest BCUT2D eigenvalue weighted by molar-refractivity contribution is -0.159. The summed E-state index contributed by atoms with van der Waals surface area (Å²) in [6.45, 7) is 4.74. The number of esters is 1. The summed E-state index contributed by atoms with van der Waals surface area (Å²) in [5.74, 6) is -5.44. The zero-order valence-corrected chi connectivity index (χ0v) is 31.6. The molecule has 54 heavy (non-hydrogen) atoms. The monoisotopic (exact) mass is 774 g/mol. The number of nitrogens with zero attached hydrogens (tertiary/aromatic N) is 2. The number of ether oxygens (including phenoxy) is 2. The molecule has 0 aromatic heterocycles. The van der Waals surface area contributed by atoms with Gasteiger partial charge in [-0.25, -0.2) is 22.0 Å². The van der Waals surface area contributed by atoms with Gasteiger partial charge in [-0.3, -0.25) is 23.9 Å². The third-order valence-electron chi connectivity index (χ3n) is 10.6. The fourth-order valence-corrected chi connectivity index (χ4v) is 8.85. The topological polar surface area (TPSA) is 168 Å². The fourth-order valence-electron chi connectivity index (χ4n) is 7.49. The van der Waals surface area contributed by atoms with Crippen molar-refractivity contribution < 1.29 is 50.6 Å². The van der Waals surface area contributed by atoms with Crippen LogP contribution in [0.4, 0.5) is 13.6 Å². The molecular formula is C38H48F2N4O9S. The highest BCUT2D eigenvalue weighted by molar-refractivity contribution is 7.91. The quantitative estimate of drug-likeness (QED) is 0.322. The van der Waals surface area contributed by atoms with E-state index in [1.54, 1.807) is 26.8 Å². The van der Waals surface area contributed by atoms with E-state index in [2.05, 4.69) is 15.8 Å². The van der Waals surface area contributed by atoms with Crippen molar-refractivity contribution in [1.29, 1.82) is 0 Å². The van der Waals surface area contributed by atoms with Crippen molar-refractivity contribution >= 4 is 39.8 Å². The van der Waals surface area contributed by atoms with Gasteiger partial charge in [-0.15, -0.1) is 5.73 Å². The highest BCUT2D eigenvalue weighted by atomic mass is 32.2. The van der Waals surface area contributed by atoms with E-state index in [0.717, 1.165) is 25.0 Å². The Morgan fingerprint density at radius 3 is 2.48 bits per heavy atom. The maximum atomic E-state index is 14.6. The predicted molar refractivity (Wildman–Crippen MR) is 190 cm³/mol. The summed E-state index contributed by atoms with van der Waals surface area (Å²) in [5, 5.41) is 2.07. The van der Waals surface area contributed by atoms with Crippen molar-refractivity contribution in [3.8, 4) is 0 Å². The number of hydrogen-bond acceptors (Lipinski definition) is 9. The maximum Gasteiger partial charge on any atom is 0.410 e. The molecule has 16 heteroatoms. The molecule has 6 rings (SSSR count). The lowest BCUT2D eigenvalue weighted by Crippen LogP contribution is -2.57. The minimum Gasteiger partial charge on any atom is -0.460 e. The molecule has 0 spiro atoms. The minimum absolute atomic E-state index is 0.0442. The second-order valence-electron chi connectivity index (χ2n) is 16.0. The summed E-state index contributed by atoms with van der Waals surface area (Å²) in [5.41, 5.74) is 0.868. The van der Waals surface area contributed by atoms with Crippen LogP contribution in [-0.4, -0.2) is 89.6 Å². The molecule has 0 bridgehead atoms. The molecule has 3 aliphatic heterocycles. The standard InChI is InChI=1S/C38H48F2N4O9S/c1-37(2,3)53-32(45)18-23-10-8-6-4-5-7-9-11-24-20-38(24,35(48)42-54(50,51)26-12-13-26)41-33(46)31-19-25(21-44(31)34(23)47)52-36(49)43-17-16-27-28(22-43)30(40)15-14-29(27)39/h7,11,14-15,23-26,31H,4-6,8,10,12-13,16-22H2,1-3H3,(H,41,46)(H,42,48)/t9?,23-,24-,25-,31+,38-/m1/s1. The first-order chi connectivity index (χ1) is 25.5. The third-order valence-corrected chi connectivity index (χ3v) is 12.5. The van der Waals surface area contributed by atoms with Crippen molar-refractivity contribution in [2.45, 2.75) is 126 Å². The molecular weight excluding hydrogens is 726 g/mol. The number of amides is 4. The smallest absolute Gasteiger partial charge is 0.410 e. The molecule has 294 valence electrons. The first-order valence-corrected chi connectivity index (χ1v) is 20.2. The summed E-state index contributed by atoms with van der Waals surface area (Å²) in [6.07, 6.45) is 5.25. The molecule has 5 aliphatic rings. The summed E-state index contributed by atoms with van der Waals surface area (Å²) < 4.78 is 68.0. The van der Waals surface area contributed by atoms with Gasteiger partial charge in [0, 0.05) is 30.4 Å². The van der Waals surface area contributed by atoms with E-state index in [9.17, 15) is 41.2 Å². The Morgan fingerprint density at radius 1 is 1.06 bits per heavy atom. The van der Waals surface area contributed by atoms with E-state index >= 15 is 0 Å². The van der Waals surface area contributed by atoms with E-state index < -0.39 is 91.8 Å². The number of carbonyl (C=O) groups is 5. The van der Waals surface area contributed by atoms with E-state index in [1.165, 1.54) is 9.80 Å². The van der Waals surface area contributed by atoms with Gasteiger partial charge in [0.2, 0.25) is 21.8 Å². The number of carbonyl (C=O) groups excluding carboxylic acids is 5. The van der Waals surface area contributed by atoms with E-state index in [1.807, 2.05) is 6.08 Å². The number of sulfonamides is 1. The number of nitrogens with one attached hydrogen (secondary N) is 2. The molecule has 0 radical (unpaired) electrons. The number of fused-ring (bicyclic) bond motifs is 3. The summed E-state index contributed by atoms with van der Waals surface area (Å²) >= 11 is 0. The maximum absolute atomic E-state index is 14.6. The third kappa shape index (κ3) is 8.97. The summed E-state index contributed by atoms with van der Waals surface area (Å²) in [6, 6.07) is 0.775. The first kappa shape index (κ1) is 39.4. The van der Waals surface area contributed by atoms with Gasteiger partial charge in [-0.1, -0.05) is 12.8 Å². The van der Waals surface area contributed by atoms with Crippen LogP contribution < -0.4 is 10.0 Å². The number of hydrogen-bond donors (Lipinski definition) is 2. The SMILES string of the molecule is CC(C)(C)OC(=O)C[C@H]1CCCCCC=C=C[C@@H]2C[C@@]2(C(=O)NS(=O)(=O)C2CC2)NC(=O)[C@@H]2C[C@@H](OC(=O)N3CCc4c(F)ccc(F)c4C3)CN2C1=O. The molecule has 3 fully saturated rings. The van der Waals surface area contributed by atoms with Crippen LogP contribution in [-0.2, 0) is 51.6 Å². The normalized spacial score (nSPS) is 27.6. The molecule has 3 heterocycles. The zero-order valence-electron chi connectivity index (χ0n) is 30.8. The van der Waals surface area contributed by atoms with Crippen molar-refractivity contribution in [3.63, 3.8) is 0 Å². The predicted octanol–water partition coefficient (Wildman–Crippen LogP) is 3.94. The molecule has 1 aromatic rings. The molecule has 5 atom stereocenters. The molecule has 0 unspecified atom stereocenters. The van der Waals surface area contributed by atoms with Gasteiger partial charge in [0.05, 0.1) is 24.8 Å². The average Bonchev–Trinajstić information content (AvgIpc) is 4.02. The van der Waals surface area contributed by atoms with Crippen molar-refractivity contribution in [2.75, 3.05) is 13.1 Å². The van der Waals surface area contributed by atoms with Crippen LogP contribution in [0.3, 0.4) is 0 Å². The van der Waals surface area contributed by atoms with Gasteiger partial charge >= 0.3 is 12.1 Å². The van der Waals surface area contributed by atoms with Crippen LogP contribution in [0.5, 0.6) is 0 Å². The lowest BCUT2D eigenvalue weighted by atomic mass is 9.95. The molecule has 13 nitrogen and oxygen atoms in total. The minimum atomic E-state index is -3.96. The summed E-state index contributed by atoms with van der Waals surface area (Å²) in [7, 11) is -3.96. The second kappa shape index (κ2) is 15.4. The van der Waals surface area contributed by atoms with Crippen molar-refractivity contribution in [2.24, 2.45) is 11.8 Å². The number of halogens is 2. The molecule has 2 aliphatic carbocycles. The fraction of sp³-hybridized carbons (Fsp3) is 0.632. The Labute approximate surface area is 313 Å². The molecule has 2 N–H and O–H groups in total. The molecule has 1 aromatic carbocycles. The van der Waals surface area contributed by atoms with Gasteiger partial charge in [0.1, 0.15) is 34.9 Å². The lowest BCUT2D eigenvalue weighted by Gasteiger charge is -2.30. The Kier molecular flexibility index (Phi) is 11.3. The van der Waals surface area contributed by atoms with Gasteiger partial charge in [-0.2, -0.15) is 0 Å². The molecule has 1 saturated heterocycles. The van der Waals surface area contributed by atoms with Gasteiger partial charge < -0.3 is 24.6 Å². The van der Waals surface area contributed by atoms with Crippen LogP contribution in [0.1, 0.15) is 96.1 Å². The first-order valence-electron chi connectivity index (χ1n) is 18.7. The Morgan fingerprint density at radius 2 is 1.78 bits per heavy atom.